The summed E-state index contributed by atoms with van der Waals surface area (Å²) in [5.41, 5.74) is 0.736. The zero-order chi connectivity index (χ0) is 19.1. The molecule has 1 aromatic carbocycles. The molecule has 138 valence electrons. The zero-order valence-electron chi connectivity index (χ0n) is 15.1. The van der Waals surface area contributed by atoms with Crippen LogP contribution >= 0.6 is 0 Å². The lowest BCUT2D eigenvalue weighted by Gasteiger charge is -2.11. The summed E-state index contributed by atoms with van der Waals surface area (Å²) >= 11 is 0. The second kappa shape index (κ2) is 9.10. The van der Waals surface area contributed by atoms with Gasteiger partial charge >= 0.3 is 0 Å². The second-order valence-corrected chi connectivity index (χ2v) is 6.30. The fourth-order valence-corrected chi connectivity index (χ4v) is 2.69. The summed E-state index contributed by atoms with van der Waals surface area (Å²) in [6.45, 7) is 1.95. The van der Waals surface area contributed by atoms with Gasteiger partial charge in [-0.3, -0.25) is 14.4 Å². The summed E-state index contributed by atoms with van der Waals surface area (Å²) < 4.78 is 1.39. The second-order valence-electron chi connectivity index (χ2n) is 6.30. The van der Waals surface area contributed by atoms with Crippen LogP contribution in [0.15, 0.2) is 47.4 Å². The fraction of sp³-hybridized carbons (Fsp3) is 0.350. The van der Waals surface area contributed by atoms with E-state index in [9.17, 15) is 19.5 Å². The molecule has 26 heavy (non-hydrogen) atoms. The van der Waals surface area contributed by atoms with Crippen molar-refractivity contribution >= 4 is 11.7 Å². The van der Waals surface area contributed by atoms with Gasteiger partial charge in [-0.05, 0) is 31.4 Å². The van der Waals surface area contributed by atoms with Crippen LogP contribution in [0.3, 0.4) is 0 Å². The van der Waals surface area contributed by atoms with E-state index in [4.69, 9.17) is 0 Å². The van der Waals surface area contributed by atoms with E-state index in [1.54, 1.807) is 6.92 Å². The highest BCUT2D eigenvalue weighted by Crippen LogP contribution is 2.11. The summed E-state index contributed by atoms with van der Waals surface area (Å²) in [5.74, 6) is -0.673. The third kappa shape index (κ3) is 5.13. The molecule has 0 saturated carbocycles. The van der Waals surface area contributed by atoms with Crippen molar-refractivity contribution < 1.29 is 14.7 Å². The van der Waals surface area contributed by atoms with Gasteiger partial charge in [0.2, 0.25) is 0 Å². The lowest BCUT2D eigenvalue weighted by Crippen LogP contribution is -2.32. The highest BCUT2D eigenvalue weighted by atomic mass is 16.3. The van der Waals surface area contributed by atoms with Crippen LogP contribution in [-0.4, -0.2) is 34.5 Å². The van der Waals surface area contributed by atoms with Gasteiger partial charge in [-0.25, -0.2) is 0 Å². The SMILES string of the molecule is CNC(=O)c1cc(C(=O)CCCC(C)O)cn(Cc2ccccc2)c1=O. The van der Waals surface area contributed by atoms with Gasteiger partial charge in [-0.15, -0.1) is 0 Å². The van der Waals surface area contributed by atoms with Crippen LogP contribution in [0.4, 0.5) is 0 Å². The molecule has 2 aromatic rings. The van der Waals surface area contributed by atoms with Gasteiger partial charge in [0, 0.05) is 25.2 Å². The quantitative estimate of drug-likeness (QED) is 0.708. The number of rotatable bonds is 8. The van der Waals surface area contributed by atoms with Crippen LogP contribution in [0.25, 0.3) is 0 Å². The molecule has 0 aliphatic heterocycles. The van der Waals surface area contributed by atoms with Crippen LogP contribution in [0.5, 0.6) is 0 Å². The number of carbonyl (C=O) groups is 2. The number of hydrogen-bond donors (Lipinski definition) is 2. The first-order valence-electron chi connectivity index (χ1n) is 8.64. The minimum Gasteiger partial charge on any atom is -0.393 e. The van der Waals surface area contributed by atoms with Crippen molar-refractivity contribution in [3.05, 3.63) is 69.6 Å². The third-order valence-corrected chi connectivity index (χ3v) is 4.10. The predicted octanol–water partition coefficient (Wildman–Crippen LogP) is 1.99. The first-order valence-corrected chi connectivity index (χ1v) is 8.64. The average Bonchev–Trinajstić information content (AvgIpc) is 2.63. The van der Waals surface area contributed by atoms with E-state index in [1.165, 1.54) is 23.9 Å². The number of nitrogens with one attached hydrogen (secondary N) is 1. The first-order chi connectivity index (χ1) is 12.4. The molecule has 0 spiro atoms. The van der Waals surface area contributed by atoms with Crippen molar-refractivity contribution in [2.24, 2.45) is 0 Å². The molecule has 1 aromatic heterocycles. The molecular formula is C20H24N2O4. The van der Waals surface area contributed by atoms with Crippen molar-refractivity contribution in [1.29, 1.82) is 0 Å². The molecule has 1 amide bonds. The molecule has 0 aliphatic rings. The van der Waals surface area contributed by atoms with Gasteiger partial charge < -0.3 is 15.0 Å². The molecule has 6 heteroatoms. The Morgan fingerprint density at radius 1 is 1.23 bits per heavy atom. The average molecular weight is 356 g/mol. The number of aliphatic hydroxyl groups is 1. The van der Waals surface area contributed by atoms with E-state index in [0.717, 1.165) is 5.56 Å². The Hall–Kier alpha value is -2.73. The lowest BCUT2D eigenvalue weighted by molar-refractivity contribution is 0.0961. The first kappa shape index (κ1) is 19.6. The summed E-state index contributed by atoms with van der Waals surface area (Å²) in [6, 6.07) is 10.7. The van der Waals surface area contributed by atoms with Gasteiger partial charge in [0.05, 0.1) is 12.6 Å². The number of ketones is 1. The maximum atomic E-state index is 12.6. The number of hydrogen-bond acceptors (Lipinski definition) is 4. The molecule has 6 nitrogen and oxygen atoms in total. The van der Waals surface area contributed by atoms with E-state index in [1.807, 2.05) is 30.3 Å². The van der Waals surface area contributed by atoms with Crippen molar-refractivity contribution in [1.82, 2.24) is 9.88 Å². The Labute approximate surface area is 152 Å². The van der Waals surface area contributed by atoms with E-state index in [2.05, 4.69) is 5.32 Å². The number of carbonyl (C=O) groups excluding carboxylic acids is 2. The molecule has 0 saturated heterocycles. The Balaban J connectivity index is 2.36. The van der Waals surface area contributed by atoms with Crippen LogP contribution in [0.1, 0.15) is 52.5 Å². The summed E-state index contributed by atoms with van der Waals surface area (Å²) in [4.78, 5) is 37.1. The number of amides is 1. The Kier molecular flexibility index (Phi) is 6.86. The van der Waals surface area contributed by atoms with Crippen molar-refractivity contribution in [3.63, 3.8) is 0 Å². The number of nitrogens with zero attached hydrogens (tertiary/aromatic N) is 1. The van der Waals surface area contributed by atoms with Crippen LogP contribution in [0, 0.1) is 0 Å². The highest BCUT2D eigenvalue weighted by molar-refractivity contribution is 6.00. The summed E-state index contributed by atoms with van der Waals surface area (Å²) in [7, 11) is 1.44. The lowest BCUT2D eigenvalue weighted by atomic mass is 10.0. The Morgan fingerprint density at radius 2 is 1.92 bits per heavy atom. The molecule has 0 aliphatic carbocycles. The number of benzene rings is 1. The van der Waals surface area contributed by atoms with Crippen LogP contribution in [-0.2, 0) is 6.54 Å². The normalized spacial score (nSPS) is 11.8. The van der Waals surface area contributed by atoms with Gasteiger partial charge in [-0.2, -0.15) is 0 Å². The van der Waals surface area contributed by atoms with Gasteiger partial charge in [0.1, 0.15) is 5.56 Å². The monoisotopic (exact) mass is 356 g/mol. The minimum absolute atomic E-state index is 0.0511. The maximum absolute atomic E-state index is 12.6. The molecule has 0 fully saturated rings. The molecule has 1 heterocycles. The molecule has 0 bridgehead atoms. The van der Waals surface area contributed by atoms with E-state index >= 15 is 0 Å². The predicted molar refractivity (Wildman–Crippen MR) is 99.5 cm³/mol. The van der Waals surface area contributed by atoms with E-state index < -0.39 is 17.6 Å². The Bertz CT molecular complexity index is 825. The zero-order valence-corrected chi connectivity index (χ0v) is 15.1. The molecule has 1 unspecified atom stereocenters. The van der Waals surface area contributed by atoms with Gasteiger partial charge in [-0.1, -0.05) is 30.3 Å². The third-order valence-electron chi connectivity index (χ3n) is 4.10. The van der Waals surface area contributed by atoms with Crippen LogP contribution < -0.4 is 10.9 Å². The fourth-order valence-electron chi connectivity index (χ4n) is 2.69. The van der Waals surface area contributed by atoms with Crippen molar-refractivity contribution in [2.75, 3.05) is 7.05 Å². The molecule has 0 radical (unpaired) electrons. The topological polar surface area (TPSA) is 88.4 Å². The largest absolute Gasteiger partial charge is 0.393 e. The molecule has 2 rings (SSSR count). The van der Waals surface area contributed by atoms with E-state index in [0.29, 0.717) is 18.4 Å². The van der Waals surface area contributed by atoms with Gasteiger partial charge in [0.25, 0.3) is 11.5 Å². The Morgan fingerprint density at radius 3 is 2.54 bits per heavy atom. The number of Topliss-reactive ketones (excluding diaryl/α,β-unsaturated/α-hetero) is 1. The minimum atomic E-state index is -0.518. The maximum Gasteiger partial charge on any atom is 0.263 e. The highest BCUT2D eigenvalue weighted by Gasteiger charge is 2.17. The molecule has 2 N–H and O–H groups in total. The number of aliphatic hydroxyl groups excluding tert-OH is 1. The van der Waals surface area contributed by atoms with Gasteiger partial charge in [0.15, 0.2) is 5.78 Å². The molecule has 1 atom stereocenters. The van der Waals surface area contributed by atoms with Crippen molar-refractivity contribution in [3.8, 4) is 0 Å². The van der Waals surface area contributed by atoms with Crippen LogP contribution in [0.2, 0.25) is 0 Å². The standard InChI is InChI=1S/C20H24N2O4/c1-14(23)7-6-10-18(24)16-11-17(19(25)21-2)20(26)22(13-16)12-15-8-4-3-5-9-15/h3-5,8-9,11,13-14,23H,6-7,10,12H2,1-2H3,(H,21,25). The summed E-state index contributed by atoms with van der Waals surface area (Å²) in [6.07, 6.45) is 2.37. The smallest absolute Gasteiger partial charge is 0.263 e. The summed E-state index contributed by atoms with van der Waals surface area (Å²) in [5, 5.41) is 11.8. The number of aromatic nitrogens is 1. The molecular weight excluding hydrogens is 332 g/mol. The van der Waals surface area contributed by atoms with Crippen molar-refractivity contribution in [2.45, 2.75) is 38.8 Å². The number of pyridine rings is 1. The van der Waals surface area contributed by atoms with E-state index in [-0.39, 0.29) is 24.3 Å².